The van der Waals surface area contributed by atoms with Crippen molar-refractivity contribution in [1.29, 1.82) is 0 Å². The fourth-order valence-electron chi connectivity index (χ4n) is 2.33. The highest BCUT2D eigenvalue weighted by atomic mass is 32.2. The van der Waals surface area contributed by atoms with Gasteiger partial charge in [0.1, 0.15) is 0 Å². The number of esters is 1. The molecule has 1 aromatic heterocycles. The second-order valence-electron chi connectivity index (χ2n) is 4.92. The van der Waals surface area contributed by atoms with Gasteiger partial charge in [-0.3, -0.25) is 9.48 Å². The number of anilines is 1. The Hall–Kier alpha value is -2.28. The first-order valence-electron chi connectivity index (χ1n) is 6.72. The van der Waals surface area contributed by atoms with Crippen LogP contribution in [0.1, 0.15) is 16.1 Å². The molecule has 1 aliphatic heterocycles. The number of hydrogen-bond donors (Lipinski definition) is 0. The lowest BCUT2D eigenvalue weighted by Crippen LogP contribution is -2.35. The largest absolute Gasteiger partial charge is 0.465 e. The van der Waals surface area contributed by atoms with Crippen LogP contribution in [0.2, 0.25) is 0 Å². The zero-order valence-electron chi connectivity index (χ0n) is 12.3. The number of nitrogens with zero attached hydrogens (tertiary/aromatic N) is 3. The van der Waals surface area contributed by atoms with E-state index in [2.05, 4.69) is 5.10 Å². The van der Waals surface area contributed by atoms with Crippen LogP contribution >= 0.6 is 11.8 Å². The Morgan fingerprint density at radius 1 is 1.41 bits per heavy atom. The standard InChI is InChI=1S/C15H15N3O3S/c1-17-6-5-11(16-17)8-18-12-7-10(15(20)21-2)3-4-13(12)22-9-14(18)19/h3-7H,8-9H2,1-2H3. The number of carbonyl (C=O) groups excluding carboxylic acids is 2. The molecule has 0 saturated heterocycles. The van der Waals surface area contributed by atoms with Crippen molar-refractivity contribution in [1.82, 2.24) is 9.78 Å². The van der Waals surface area contributed by atoms with Gasteiger partial charge in [0.15, 0.2) is 0 Å². The number of aryl methyl sites for hydroxylation is 1. The number of carbonyl (C=O) groups is 2. The van der Waals surface area contributed by atoms with Crippen LogP contribution in [-0.4, -0.2) is 34.5 Å². The van der Waals surface area contributed by atoms with E-state index in [1.807, 2.05) is 25.4 Å². The summed E-state index contributed by atoms with van der Waals surface area (Å²) in [4.78, 5) is 26.6. The first kappa shape index (κ1) is 14.6. The molecule has 0 N–H and O–H groups in total. The highest BCUT2D eigenvalue weighted by Gasteiger charge is 2.26. The molecule has 0 aliphatic carbocycles. The van der Waals surface area contributed by atoms with Crippen molar-refractivity contribution in [2.24, 2.45) is 7.05 Å². The summed E-state index contributed by atoms with van der Waals surface area (Å²) in [5.41, 5.74) is 1.97. The first-order valence-corrected chi connectivity index (χ1v) is 7.71. The average molecular weight is 317 g/mol. The number of fused-ring (bicyclic) bond motifs is 1. The Morgan fingerprint density at radius 2 is 2.23 bits per heavy atom. The highest BCUT2D eigenvalue weighted by Crippen LogP contribution is 2.36. The van der Waals surface area contributed by atoms with E-state index in [4.69, 9.17) is 4.74 Å². The van der Waals surface area contributed by atoms with E-state index in [-0.39, 0.29) is 5.91 Å². The van der Waals surface area contributed by atoms with Crippen molar-refractivity contribution >= 4 is 29.3 Å². The molecule has 7 heteroatoms. The van der Waals surface area contributed by atoms with Crippen LogP contribution in [0.3, 0.4) is 0 Å². The number of methoxy groups -OCH3 is 1. The predicted octanol–water partition coefficient (Wildman–Crippen LogP) is 1.85. The maximum atomic E-state index is 12.3. The third-order valence-corrected chi connectivity index (χ3v) is 4.46. The molecule has 3 rings (SSSR count). The van der Waals surface area contributed by atoms with E-state index in [0.717, 1.165) is 16.3 Å². The van der Waals surface area contributed by atoms with Gasteiger partial charge in [-0.2, -0.15) is 5.10 Å². The summed E-state index contributed by atoms with van der Waals surface area (Å²) in [5.74, 6) is -0.0222. The van der Waals surface area contributed by atoms with E-state index in [1.165, 1.54) is 18.9 Å². The molecule has 2 heterocycles. The van der Waals surface area contributed by atoms with Gasteiger partial charge in [0.25, 0.3) is 0 Å². The van der Waals surface area contributed by atoms with Crippen molar-refractivity contribution in [2.45, 2.75) is 11.4 Å². The molecule has 0 spiro atoms. The highest BCUT2D eigenvalue weighted by molar-refractivity contribution is 8.00. The normalized spacial score (nSPS) is 13.9. The Bertz CT molecular complexity index is 741. The summed E-state index contributed by atoms with van der Waals surface area (Å²) in [6.45, 7) is 0.387. The fraction of sp³-hybridized carbons (Fsp3) is 0.267. The third kappa shape index (κ3) is 2.71. The fourth-order valence-corrected chi connectivity index (χ4v) is 3.25. The lowest BCUT2D eigenvalue weighted by molar-refractivity contribution is -0.116. The van der Waals surface area contributed by atoms with E-state index in [1.54, 1.807) is 21.7 Å². The van der Waals surface area contributed by atoms with Gasteiger partial charge >= 0.3 is 5.97 Å². The van der Waals surface area contributed by atoms with Gasteiger partial charge < -0.3 is 9.64 Å². The molecule has 1 amide bonds. The van der Waals surface area contributed by atoms with Crippen LogP contribution in [0.4, 0.5) is 5.69 Å². The molecule has 0 saturated carbocycles. The van der Waals surface area contributed by atoms with Crippen LogP contribution in [0.15, 0.2) is 35.4 Å². The summed E-state index contributed by atoms with van der Waals surface area (Å²) in [6.07, 6.45) is 1.84. The lowest BCUT2D eigenvalue weighted by atomic mass is 10.1. The molecule has 0 bridgehead atoms. The SMILES string of the molecule is COC(=O)c1ccc2c(c1)N(Cc1ccn(C)n1)C(=O)CS2. The second kappa shape index (κ2) is 5.84. The molecule has 1 aromatic carbocycles. The molecule has 22 heavy (non-hydrogen) atoms. The number of benzene rings is 1. The van der Waals surface area contributed by atoms with Crippen LogP contribution in [-0.2, 0) is 23.1 Å². The third-order valence-electron chi connectivity index (χ3n) is 3.41. The first-order chi connectivity index (χ1) is 10.6. The summed E-state index contributed by atoms with van der Waals surface area (Å²) >= 11 is 1.48. The van der Waals surface area contributed by atoms with Crippen molar-refractivity contribution in [3.05, 3.63) is 41.7 Å². The van der Waals surface area contributed by atoms with Crippen molar-refractivity contribution in [2.75, 3.05) is 17.8 Å². The minimum atomic E-state index is -0.413. The Labute approximate surface area is 132 Å². The Balaban J connectivity index is 1.97. The van der Waals surface area contributed by atoms with Crippen LogP contribution in [0.5, 0.6) is 0 Å². The zero-order chi connectivity index (χ0) is 15.7. The van der Waals surface area contributed by atoms with Gasteiger partial charge in [-0.25, -0.2) is 4.79 Å². The van der Waals surface area contributed by atoms with Crippen molar-refractivity contribution in [3.8, 4) is 0 Å². The van der Waals surface area contributed by atoms with Gasteiger partial charge in [-0.1, -0.05) is 0 Å². The predicted molar refractivity (Wildman–Crippen MR) is 82.9 cm³/mol. The van der Waals surface area contributed by atoms with E-state index in [9.17, 15) is 9.59 Å². The topological polar surface area (TPSA) is 64.4 Å². The summed E-state index contributed by atoms with van der Waals surface area (Å²) in [7, 11) is 3.17. The number of hydrogen-bond acceptors (Lipinski definition) is 5. The molecule has 0 radical (unpaired) electrons. The maximum absolute atomic E-state index is 12.3. The molecule has 6 nitrogen and oxygen atoms in total. The minimum Gasteiger partial charge on any atom is -0.465 e. The van der Waals surface area contributed by atoms with E-state index < -0.39 is 5.97 Å². The quantitative estimate of drug-likeness (QED) is 0.808. The smallest absolute Gasteiger partial charge is 0.337 e. The molecule has 0 unspecified atom stereocenters. The maximum Gasteiger partial charge on any atom is 0.337 e. The number of thioether (sulfide) groups is 1. The van der Waals surface area contributed by atoms with Gasteiger partial charge in [-0.15, -0.1) is 11.8 Å². The van der Waals surface area contributed by atoms with Crippen LogP contribution in [0.25, 0.3) is 0 Å². The minimum absolute atomic E-state index is 0.00479. The zero-order valence-corrected chi connectivity index (χ0v) is 13.1. The summed E-state index contributed by atoms with van der Waals surface area (Å²) in [5, 5.41) is 4.31. The van der Waals surface area contributed by atoms with Gasteiger partial charge in [0, 0.05) is 18.1 Å². The lowest BCUT2D eigenvalue weighted by Gasteiger charge is -2.28. The summed E-state index contributed by atoms with van der Waals surface area (Å²) < 4.78 is 6.44. The summed E-state index contributed by atoms with van der Waals surface area (Å²) in [6, 6.07) is 7.14. The number of aromatic nitrogens is 2. The second-order valence-corrected chi connectivity index (χ2v) is 5.94. The van der Waals surface area contributed by atoms with E-state index in [0.29, 0.717) is 17.9 Å². The molecular weight excluding hydrogens is 302 g/mol. The Kier molecular flexibility index (Phi) is 3.89. The number of amides is 1. The molecule has 0 atom stereocenters. The average Bonchev–Trinajstić information content (AvgIpc) is 2.94. The monoisotopic (exact) mass is 317 g/mol. The van der Waals surface area contributed by atoms with Crippen LogP contribution in [0, 0.1) is 0 Å². The van der Waals surface area contributed by atoms with Crippen LogP contribution < -0.4 is 4.90 Å². The molecular formula is C15H15N3O3S. The van der Waals surface area contributed by atoms with Gasteiger partial charge in [0.05, 0.1) is 36.4 Å². The van der Waals surface area contributed by atoms with Gasteiger partial charge in [0.2, 0.25) is 5.91 Å². The number of ether oxygens (including phenoxy) is 1. The Morgan fingerprint density at radius 3 is 2.91 bits per heavy atom. The number of rotatable bonds is 3. The molecule has 2 aromatic rings. The van der Waals surface area contributed by atoms with Gasteiger partial charge in [-0.05, 0) is 24.3 Å². The van der Waals surface area contributed by atoms with Crippen molar-refractivity contribution in [3.63, 3.8) is 0 Å². The van der Waals surface area contributed by atoms with Crippen molar-refractivity contribution < 1.29 is 14.3 Å². The van der Waals surface area contributed by atoms with E-state index >= 15 is 0 Å². The molecule has 0 fully saturated rings. The molecule has 1 aliphatic rings. The molecule has 114 valence electrons.